The number of nitrogens with zero attached hydrogens (tertiary/aromatic N) is 3. The molecule has 0 saturated carbocycles. The van der Waals surface area contributed by atoms with Gasteiger partial charge in [0.05, 0.1) is 17.1 Å². The first-order valence-corrected chi connectivity index (χ1v) is 7.78. The Bertz CT molecular complexity index is 639. The Morgan fingerprint density at radius 1 is 1.43 bits per heavy atom. The van der Waals surface area contributed by atoms with E-state index in [1.807, 2.05) is 33.9 Å². The lowest BCUT2D eigenvalue weighted by atomic mass is 10.3. The van der Waals surface area contributed by atoms with Crippen molar-refractivity contribution in [3.8, 4) is 0 Å². The zero-order chi connectivity index (χ0) is 15.6. The number of fused-ring (bicyclic) bond motifs is 1. The summed E-state index contributed by atoms with van der Waals surface area (Å²) in [5.74, 6) is -0.240. The van der Waals surface area contributed by atoms with Gasteiger partial charge in [-0.2, -0.15) is 5.10 Å². The van der Waals surface area contributed by atoms with E-state index in [-0.39, 0.29) is 18.4 Å². The van der Waals surface area contributed by atoms with Crippen molar-refractivity contribution in [2.45, 2.75) is 20.8 Å². The van der Waals surface area contributed by atoms with Gasteiger partial charge in [-0.25, -0.2) is 0 Å². The van der Waals surface area contributed by atoms with Gasteiger partial charge in [-0.05, 0) is 26.8 Å². The fourth-order valence-electron chi connectivity index (χ4n) is 2.22. The first kappa shape index (κ1) is 15.5. The number of amides is 2. The van der Waals surface area contributed by atoms with Crippen LogP contribution in [0, 0.1) is 6.92 Å². The molecule has 0 radical (unpaired) electrons. The molecule has 0 unspecified atom stereocenters. The molecule has 7 heteroatoms. The van der Waals surface area contributed by atoms with E-state index in [0.29, 0.717) is 18.0 Å². The summed E-state index contributed by atoms with van der Waals surface area (Å²) in [6.45, 7) is 6.82. The molecule has 0 aliphatic heterocycles. The molecule has 0 spiro atoms. The summed E-state index contributed by atoms with van der Waals surface area (Å²) in [6.07, 6.45) is 0. The molecule has 0 aliphatic rings. The minimum absolute atomic E-state index is 0.0919. The van der Waals surface area contributed by atoms with Crippen molar-refractivity contribution in [3.63, 3.8) is 0 Å². The van der Waals surface area contributed by atoms with Crippen molar-refractivity contribution in [1.82, 2.24) is 20.0 Å². The van der Waals surface area contributed by atoms with Crippen LogP contribution >= 0.6 is 11.3 Å². The summed E-state index contributed by atoms with van der Waals surface area (Å²) in [7, 11) is 1.87. The summed E-state index contributed by atoms with van der Waals surface area (Å²) in [6, 6.07) is 1.87. The third-order valence-corrected chi connectivity index (χ3v) is 4.47. The lowest BCUT2D eigenvalue weighted by Crippen LogP contribution is -2.40. The van der Waals surface area contributed by atoms with E-state index < -0.39 is 0 Å². The van der Waals surface area contributed by atoms with E-state index in [4.69, 9.17) is 0 Å². The van der Waals surface area contributed by atoms with Gasteiger partial charge in [0.15, 0.2) is 0 Å². The van der Waals surface area contributed by atoms with E-state index in [2.05, 4.69) is 10.4 Å². The standard InChI is InChI=1S/C14H20N4O2S/c1-5-15-12(19)8-18(6-2)13(20)11-7-10-9(3)16-17(4)14(10)21-11/h7H,5-6,8H2,1-4H3,(H,15,19). The third-order valence-electron chi connectivity index (χ3n) is 3.28. The molecule has 21 heavy (non-hydrogen) atoms. The smallest absolute Gasteiger partial charge is 0.264 e. The molecule has 2 aromatic rings. The van der Waals surface area contributed by atoms with Crippen LogP contribution in [0.5, 0.6) is 0 Å². The highest BCUT2D eigenvalue weighted by Crippen LogP contribution is 2.28. The maximum absolute atomic E-state index is 12.5. The van der Waals surface area contributed by atoms with Crippen LogP contribution < -0.4 is 5.32 Å². The molecular weight excluding hydrogens is 288 g/mol. The predicted molar refractivity (Wildman–Crippen MR) is 83.6 cm³/mol. The maximum atomic E-state index is 12.5. The first-order chi connectivity index (χ1) is 9.97. The fraction of sp³-hybridized carbons (Fsp3) is 0.500. The summed E-state index contributed by atoms with van der Waals surface area (Å²) in [4.78, 5) is 27.4. The highest BCUT2D eigenvalue weighted by Gasteiger charge is 2.21. The second-order valence-corrected chi connectivity index (χ2v) is 5.84. The van der Waals surface area contributed by atoms with E-state index in [1.54, 1.807) is 9.58 Å². The molecule has 114 valence electrons. The molecule has 2 heterocycles. The number of aryl methyl sites for hydroxylation is 2. The van der Waals surface area contributed by atoms with Gasteiger partial charge < -0.3 is 10.2 Å². The number of nitrogens with one attached hydrogen (secondary N) is 1. The van der Waals surface area contributed by atoms with E-state index in [0.717, 1.165) is 15.9 Å². The minimum Gasteiger partial charge on any atom is -0.355 e. The predicted octanol–water partition coefficient (Wildman–Crippen LogP) is 1.54. The molecule has 2 amide bonds. The van der Waals surface area contributed by atoms with Crippen molar-refractivity contribution in [3.05, 3.63) is 16.6 Å². The van der Waals surface area contributed by atoms with Crippen molar-refractivity contribution in [2.24, 2.45) is 7.05 Å². The first-order valence-electron chi connectivity index (χ1n) is 6.97. The molecule has 0 aromatic carbocycles. The quantitative estimate of drug-likeness (QED) is 0.911. The number of likely N-dealkylation sites (N-methyl/N-ethyl adjacent to an activating group) is 2. The number of hydrogen-bond donors (Lipinski definition) is 1. The summed E-state index contributed by atoms with van der Waals surface area (Å²) >= 11 is 1.41. The Labute approximate surface area is 127 Å². The maximum Gasteiger partial charge on any atom is 0.264 e. The van der Waals surface area contributed by atoms with Gasteiger partial charge in [0.1, 0.15) is 4.83 Å². The number of thiophene rings is 1. The van der Waals surface area contributed by atoms with E-state index in [9.17, 15) is 9.59 Å². The number of hydrogen-bond acceptors (Lipinski definition) is 4. The number of carbonyl (C=O) groups is 2. The summed E-state index contributed by atoms with van der Waals surface area (Å²) < 4.78 is 1.78. The lowest BCUT2D eigenvalue weighted by molar-refractivity contribution is -0.121. The Kier molecular flexibility index (Phi) is 4.62. The Morgan fingerprint density at radius 3 is 2.71 bits per heavy atom. The zero-order valence-electron chi connectivity index (χ0n) is 12.8. The van der Waals surface area contributed by atoms with Gasteiger partial charge in [0.25, 0.3) is 5.91 Å². The average molecular weight is 308 g/mol. The van der Waals surface area contributed by atoms with Crippen LogP contribution in [0.2, 0.25) is 0 Å². The largest absolute Gasteiger partial charge is 0.355 e. The van der Waals surface area contributed by atoms with Crippen LogP contribution in [0.3, 0.4) is 0 Å². The molecule has 1 N–H and O–H groups in total. The SMILES string of the molecule is CCNC(=O)CN(CC)C(=O)c1cc2c(C)nn(C)c2s1. The lowest BCUT2D eigenvalue weighted by Gasteiger charge is -2.19. The van der Waals surface area contributed by atoms with Gasteiger partial charge >= 0.3 is 0 Å². The Hall–Kier alpha value is -1.89. The van der Waals surface area contributed by atoms with Crippen LogP contribution in [0.25, 0.3) is 10.2 Å². The summed E-state index contributed by atoms with van der Waals surface area (Å²) in [5.41, 5.74) is 0.912. The van der Waals surface area contributed by atoms with Gasteiger partial charge in [-0.1, -0.05) is 0 Å². The highest BCUT2D eigenvalue weighted by atomic mass is 32.1. The van der Waals surface area contributed by atoms with Crippen molar-refractivity contribution in [1.29, 1.82) is 0 Å². The zero-order valence-corrected chi connectivity index (χ0v) is 13.6. The molecule has 0 atom stereocenters. The van der Waals surface area contributed by atoms with Gasteiger partial charge in [-0.3, -0.25) is 14.3 Å². The molecule has 0 bridgehead atoms. The number of carbonyl (C=O) groups excluding carboxylic acids is 2. The monoisotopic (exact) mass is 308 g/mol. The average Bonchev–Trinajstić information content (AvgIpc) is 2.98. The highest BCUT2D eigenvalue weighted by molar-refractivity contribution is 7.20. The van der Waals surface area contributed by atoms with Crippen LogP contribution in [-0.4, -0.2) is 46.1 Å². The summed E-state index contributed by atoms with van der Waals surface area (Å²) in [5, 5.41) is 8.04. The van der Waals surface area contributed by atoms with E-state index >= 15 is 0 Å². The fourth-order valence-corrected chi connectivity index (χ4v) is 3.31. The van der Waals surface area contributed by atoms with Crippen molar-refractivity contribution in [2.75, 3.05) is 19.6 Å². The molecule has 0 aliphatic carbocycles. The van der Waals surface area contributed by atoms with Crippen LogP contribution in [0.15, 0.2) is 6.07 Å². The van der Waals surface area contributed by atoms with Crippen LogP contribution in [0.4, 0.5) is 0 Å². The third kappa shape index (κ3) is 3.07. The van der Waals surface area contributed by atoms with E-state index in [1.165, 1.54) is 11.3 Å². The molecule has 6 nitrogen and oxygen atoms in total. The Balaban J connectivity index is 2.23. The van der Waals surface area contributed by atoms with Gasteiger partial charge in [-0.15, -0.1) is 11.3 Å². The molecular formula is C14H20N4O2S. The minimum atomic E-state index is -0.133. The Morgan fingerprint density at radius 2 is 2.14 bits per heavy atom. The topological polar surface area (TPSA) is 67.2 Å². The molecule has 0 fully saturated rings. The number of rotatable bonds is 5. The molecule has 0 saturated heterocycles. The molecule has 2 aromatic heterocycles. The second-order valence-electron chi connectivity index (χ2n) is 4.81. The van der Waals surface area contributed by atoms with Gasteiger partial charge in [0.2, 0.25) is 5.91 Å². The van der Waals surface area contributed by atoms with Crippen molar-refractivity contribution >= 4 is 33.4 Å². The second kappa shape index (κ2) is 6.26. The van der Waals surface area contributed by atoms with Crippen LogP contribution in [0.1, 0.15) is 29.2 Å². The normalized spacial score (nSPS) is 10.9. The van der Waals surface area contributed by atoms with Crippen LogP contribution in [-0.2, 0) is 11.8 Å². The van der Waals surface area contributed by atoms with Gasteiger partial charge in [0, 0.05) is 25.5 Å². The number of aromatic nitrogens is 2. The van der Waals surface area contributed by atoms with Crippen molar-refractivity contribution < 1.29 is 9.59 Å². The molecule has 2 rings (SSSR count).